The maximum Gasteiger partial charge on any atom is 0.253 e. The quantitative estimate of drug-likeness (QED) is 0.851. The number of carbonyl (C=O) groups is 1. The largest absolute Gasteiger partial charge is 0.393 e. The fourth-order valence-electron chi connectivity index (χ4n) is 1.59. The van der Waals surface area contributed by atoms with Crippen molar-refractivity contribution in [2.75, 3.05) is 13.1 Å². The third-order valence-corrected chi connectivity index (χ3v) is 3.52. The smallest absolute Gasteiger partial charge is 0.253 e. The summed E-state index contributed by atoms with van der Waals surface area (Å²) in [6.07, 6.45) is 0. The Hall–Kier alpha value is -1.20. The zero-order valence-corrected chi connectivity index (χ0v) is 12.4. The van der Waals surface area contributed by atoms with Gasteiger partial charge in [-0.25, -0.2) is 4.39 Å². The van der Waals surface area contributed by atoms with Gasteiger partial charge in [-0.1, -0.05) is 30.7 Å². The van der Waals surface area contributed by atoms with Gasteiger partial charge < -0.3 is 10.6 Å². The number of amides is 1. The lowest BCUT2D eigenvalue weighted by molar-refractivity contribution is 0.0754. The van der Waals surface area contributed by atoms with Gasteiger partial charge in [-0.15, -0.1) is 0 Å². The van der Waals surface area contributed by atoms with Gasteiger partial charge in [0.05, 0.1) is 10.0 Å². The van der Waals surface area contributed by atoms with Gasteiger partial charge >= 0.3 is 0 Å². The molecule has 1 unspecified atom stereocenters. The molecular formula is C13H16ClFN2OS. The second-order valence-electron chi connectivity index (χ2n) is 4.28. The highest BCUT2D eigenvalue weighted by Crippen LogP contribution is 2.17. The maximum absolute atomic E-state index is 13.4. The highest BCUT2D eigenvalue weighted by atomic mass is 35.5. The van der Waals surface area contributed by atoms with Crippen molar-refractivity contribution in [3.8, 4) is 0 Å². The molecule has 1 rings (SSSR count). The first kappa shape index (κ1) is 15.9. The van der Waals surface area contributed by atoms with E-state index in [-0.39, 0.29) is 22.4 Å². The van der Waals surface area contributed by atoms with Crippen LogP contribution in [0.25, 0.3) is 0 Å². The molecular weight excluding hydrogens is 287 g/mol. The summed E-state index contributed by atoms with van der Waals surface area (Å²) in [7, 11) is 0. The van der Waals surface area contributed by atoms with Crippen LogP contribution in [0.2, 0.25) is 5.02 Å². The number of hydrogen-bond donors (Lipinski definition) is 1. The number of nitrogens with zero attached hydrogens (tertiary/aromatic N) is 1. The van der Waals surface area contributed by atoms with Crippen LogP contribution >= 0.6 is 23.8 Å². The van der Waals surface area contributed by atoms with Gasteiger partial charge in [-0.2, -0.15) is 0 Å². The monoisotopic (exact) mass is 302 g/mol. The highest BCUT2D eigenvalue weighted by molar-refractivity contribution is 7.80. The van der Waals surface area contributed by atoms with E-state index in [0.717, 1.165) is 6.07 Å². The molecule has 6 heteroatoms. The minimum absolute atomic E-state index is 0.00361. The van der Waals surface area contributed by atoms with Crippen LogP contribution < -0.4 is 5.73 Å². The molecule has 0 aliphatic rings. The minimum Gasteiger partial charge on any atom is -0.393 e. The second kappa shape index (κ2) is 6.82. The average Bonchev–Trinajstić information content (AvgIpc) is 2.37. The SMILES string of the molecule is CCN(CC(C)C(N)=S)C(=O)c1ccc(Cl)c(F)c1. The summed E-state index contributed by atoms with van der Waals surface area (Å²) in [5, 5.41) is -0.00361. The van der Waals surface area contributed by atoms with Crippen molar-refractivity contribution >= 4 is 34.7 Å². The van der Waals surface area contributed by atoms with Crippen LogP contribution in [0.15, 0.2) is 18.2 Å². The van der Waals surface area contributed by atoms with E-state index in [9.17, 15) is 9.18 Å². The molecule has 1 amide bonds. The van der Waals surface area contributed by atoms with Crippen LogP contribution in [0.4, 0.5) is 4.39 Å². The molecule has 1 aromatic rings. The van der Waals surface area contributed by atoms with Gasteiger partial charge in [0.25, 0.3) is 5.91 Å². The molecule has 0 aliphatic carbocycles. The number of halogens is 2. The van der Waals surface area contributed by atoms with E-state index in [2.05, 4.69) is 0 Å². The Kier molecular flexibility index (Phi) is 5.69. The van der Waals surface area contributed by atoms with Crippen molar-refractivity contribution in [2.24, 2.45) is 11.7 Å². The first-order valence-electron chi connectivity index (χ1n) is 5.90. The molecule has 104 valence electrons. The number of hydrogen-bond acceptors (Lipinski definition) is 2. The predicted octanol–water partition coefficient (Wildman–Crippen LogP) is 2.86. The maximum atomic E-state index is 13.4. The highest BCUT2D eigenvalue weighted by Gasteiger charge is 2.18. The van der Waals surface area contributed by atoms with Crippen molar-refractivity contribution in [1.29, 1.82) is 0 Å². The fraction of sp³-hybridized carbons (Fsp3) is 0.385. The molecule has 1 aromatic carbocycles. The number of rotatable bonds is 5. The van der Waals surface area contributed by atoms with Crippen molar-refractivity contribution in [2.45, 2.75) is 13.8 Å². The lowest BCUT2D eigenvalue weighted by atomic mass is 10.1. The third kappa shape index (κ3) is 4.14. The van der Waals surface area contributed by atoms with Crippen LogP contribution in [0.1, 0.15) is 24.2 Å². The molecule has 0 fully saturated rings. The Morgan fingerprint density at radius 2 is 2.21 bits per heavy atom. The van der Waals surface area contributed by atoms with E-state index in [1.165, 1.54) is 12.1 Å². The van der Waals surface area contributed by atoms with Crippen LogP contribution in [-0.2, 0) is 0 Å². The van der Waals surface area contributed by atoms with Crippen molar-refractivity contribution < 1.29 is 9.18 Å². The molecule has 0 spiro atoms. The third-order valence-electron chi connectivity index (χ3n) is 2.82. The zero-order valence-electron chi connectivity index (χ0n) is 10.8. The van der Waals surface area contributed by atoms with Crippen molar-refractivity contribution in [3.05, 3.63) is 34.6 Å². The fourth-order valence-corrected chi connectivity index (χ4v) is 1.78. The van der Waals surface area contributed by atoms with E-state index in [1.54, 1.807) is 4.90 Å². The van der Waals surface area contributed by atoms with Gasteiger partial charge in [0.2, 0.25) is 0 Å². The lowest BCUT2D eigenvalue weighted by Crippen LogP contribution is -2.38. The first-order chi connectivity index (χ1) is 8.86. The predicted molar refractivity (Wildman–Crippen MR) is 78.9 cm³/mol. The number of thiocarbonyl (C=S) groups is 1. The Morgan fingerprint density at radius 1 is 1.58 bits per heavy atom. The Bertz CT molecular complexity index is 496. The summed E-state index contributed by atoms with van der Waals surface area (Å²) >= 11 is 10.5. The van der Waals surface area contributed by atoms with Gasteiger partial charge in [0.1, 0.15) is 5.82 Å². The molecule has 0 saturated carbocycles. The molecule has 0 bridgehead atoms. The average molecular weight is 303 g/mol. The normalized spacial score (nSPS) is 12.0. The van der Waals surface area contributed by atoms with E-state index in [4.69, 9.17) is 29.6 Å². The standard InChI is InChI=1S/C13H16ClFN2OS/c1-3-17(7-8(2)12(16)19)13(18)9-4-5-10(14)11(15)6-9/h4-6,8H,3,7H2,1-2H3,(H2,16,19). The molecule has 0 saturated heterocycles. The molecule has 0 aromatic heterocycles. The summed E-state index contributed by atoms with van der Waals surface area (Å²) in [6.45, 7) is 4.60. The van der Waals surface area contributed by atoms with E-state index in [0.29, 0.717) is 18.1 Å². The number of benzene rings is 1. The minimum atomic E-state index is -0.606. The molecule has 19 heavy (non-hydrogen) atoms. The lowest BCUT2D eigenvalue weighted by Gasteiger charge is -2.24. The van der Waals surface area contributed by atoms with Gasteiger partial charge in [0.15, 0.2) is 0 Å². The Balaban J connectivity index is 2.89. The van der Waals surface area contributed by atoms with Crippen LogP contribution in [0.5, 0.6) is 0 Å². The molecule has 0 radical (unpaired) electrons. The number of nitrogens with two attached hydrogens (primary N) is 1. The molecule has 0 heterocycles. The van der Waals surface area contributed by atoms with Crippen molar-refractivity contribution in [3.63, 3.8) is 0 Å². The van der Waals surface area contributed by atoms with Gasteiger partial charge in [-0.05, 0) is 25.1 Å². The van der Waals surface area contributed by atoms with E-state index in [1.807, 2.05) is 13.8 Å². The zero-order chi connectivity index (χ0) is 14.6. The van der Waals surface area contributed by atoms with Crippen molar-refractivity contribution in [1.82, 2.24) is 4.90 Å². The molecule has 2 N–H and O–H groups in total. The first-order valence-corrected chi connectivity index (χ1v) is 6.69. The van der Waals surface area contributed by atoms with Crippen LogP contribution in [-0.4, -0.2) is 28.9 Å². The summed E-state index contributed by atoms with van der Waals surface area (Å²) in [5.74, 6) is -0.955. The molecule has 3 nitrogen and oxygen atoms in total. The summed E-state index contributed by atoms with van der Waals surface area (Å²) in [5.41, 5.74) is 5.80. The topological polar surface area (TPSA) is 46.3 Å². The summed E-state index contributed by atoms with van der Waals surface area (Å²) < 4.78 is 13.4. The summed E-state index contributed by atoms with van der Waals surface area (Å²) in [6, 6.07) is 4.01. The van der Waals surface area contributed by atoms with Gasteiger partial charge in [-0.3, -0.25) is 4.79 Å². The van der Waals surface area contributed by atoms with E-state index >= 15 is 0 Å². The molecule has 0 aliphatic heterocycles. The van der Waals surface area contributed by atoms with Gasteiger partial charge in [0, 0.05) is 24.6 Å². The number of carbonyl (C=O) groups excluding carboxylic acids is 1. The second-order valence-corrected chi connectivity index (χ2v) is 5.15. The van der Waals surface area contributed by atoms with Crippen LogP contribution in [0, 0.1) is 11.7 Å². The summed E-state index contributed by atoms with van der Waals surface area (Å²) in [4.78, 5) is 14.2. The Labute approximate surface area is 122 Å². The van der Waals surface area contributed by atoms with Crippen LogP contribution in [0.3, 0.4) is 0 Å². The molecule has 1 atom stereocenters. The Morgan fingerprint density at radius 3 is 2.68 bits per heavy atom. The van der Waals surface area contributed by atoms with E-state index < -0.39 is 5.82 Å².